The van der Waals surface area contributed by atoms with Gasteiger partial charge in [0.15, 0.2) is 0 Å². The van der Waals surface area contributed by atoms with E-state index in [0.717, 1.165) is 0 Å². The van der Waals surface area contributed by atoms with E-state index in [-0.39, 0.29) is 12.3 Å². The summed E-state index contributed by atoms with van der Waals surface area (Å²) >= 11 is 1.33. The van der Waals surface area contributed by atoms with Gasteiger partial charge in [-0.1, -0.05) is 0 Å². The zero-order chi connectivity index (χ0) is 12.0. The molecule has 1 amide bonds. The highest BCUT2D eigenvalue weighted by molar-refractivity contribution is 7.07. The number of hydrogen-bond acceptors (Lipinski definition) is 5. The molecule has 0 aliphatic rings. The molecule has 1 aromatic rings. The van der Waals surface area contributed by atoms with Crippen LogP contribution in [0.1, 0.15) is 29.8 Å². The summed E-state index contributed by atoms with van der Waals surface area (Å²) in [6.45, 7) is 0. The summed E-state index contributed by atoms with van der Waals surface area (Å²) < 4.78 is 0. The zero-order valence-corrected chi connectivity index (χ0v) is 9.37. The number of nitrogens with one attached hydrogen (secondary N) is 1. The van der Waals surface area contributed by atoms with Crippen molar-refractivity contribution < 1.29 is 14.7 Å². The summed E-state index contributed by atoms with van der Waals surface area (Å²) in [5.74, 6) is -1.19. The Morgan fingerprint density at radius 3 is 2.94 bits per heavy atom. The quantitative estimate of drug-likeness (QED) is 0.628. The van der Waals surface area contributed by atoms with Gasteiger partial charge in [0.1, 0.15) is 5.69 Å². The minimum atomic E-state index is -0.863. The molecule has 0 saturated carbocycles. The second kappa shape index (κ2) is 6.19. The second-order valence-corrected chi connectivity index (χ2v) is 3.96. The number of aromatic nitrogens is 1. The summed E-state index contributed by atoms with van der Waals surface area (Å²) in [6, 6.07) is 0. The number of amides is 1. The molecule has 6 nitrogen and oxygen atoms in total. The molecule has 0 saturated heterocycles. The van der Waals surface area contributed by atoms with Gasteiger partial charge >= 0.3 is 5.97 Å². The number of carbonyl (C=O) groups excluding carboxylic acids is 1. The largest absolute Gasteiger partial charge is 0.481 e. The van der Waals surface area contributed by atoms with Crippen molar-refractivity contribution in [1.82, 2.24) is 10.3 Å². The molecule has 1 heterocycles. The minimum absolute atomic E-state index is 0.0558. The van der Waals surface area contributed by atoms with Crippen LogP contribution < -0.4 is 11.1 Å². The van der Waals surface area contributed by atoms with Gasteiger partial charge in [0.2, 0.25) is 0 Å². The maximum absolute atomic E-state index is 11.4. The van der Waals surface area contributed by atoms with Crippen LogP contribution >= 0.6 is 11.3 Å². The number of carboxylic acids is 1. The van der Waals surface area contributed by atoms with E-state index in [1.807, 2.05) is 0 Å². The fourth-order valence-electron chi connectivity index (χ4n) is 1.11. The molecule has 1 rings (SSSR count). The smallest absolute Gasteiger partial charge is 0.303 e. The molecule has 1 atom stereocenters. The Bertz CT molecular complexity index is 353. The summed E-state index contributed by atoms with van der Waals surface area (Å²) in [4.78, 5) is 25.5. The van der Waals surface area contributed by atoms with Gasteiger partial charge in [-0.25, -0.2) is 4.98 Å². The third-order valence-electron chi connectivity index (χ3n) is 1.89. The number of hydrogen-bond donors (Lipinski definition) is 3. The molecule has 16 heavy (non-hydrogen) atoms. The molecule has 0 radical (unpaired) electrons. The van der Waals surface area contributed by atoms with E-state index >= 15 is 0 Å². The van der Waals surface area contributed by atoms with Crippen molar-refractivity contribution in [3.63, 3.8) is 0 Å². The maximum atomic E-state index is 11.4. The van der Waals surface area contributed by atoms with E-state index in [1.165, 1.54) is 11.3 Å². The van der Waals surface area contributed by atoms with E-state index in [0.29, 0.717) is 18.5 Å². The summed E-state index contributed by atoms with van der Waals surface area (Å²) in [5, 5.41) is 12.6. The van der Waals surface area contributed by atoms with Crippen LogP contribution in [0.15, 0.2) is 10.9 Å². The zero-order valence-electron chi connectivity index (χ0n) is 8.55. The van der Waals surface area contributed by atoms with Gasteiger partial charge in [0, 0.05) is 11.8 Å². The van der Waals surface area contributed by atoms with Gasteiger partial charge in [-0.3, -0.25) is 9.59 Å². The molecule has 1 unspecified atom stereocenters. The van der Waals surface area contributed by atoms with Crippen LogP contribution in [0.3, 0.4) is 0 Å². The minimum Gasteiger partial charge on any atom is -0.481 e. The number of carboxylic acid groups (broad SMARTS) is 1. The number of nitrogens with two attached hydrogens (primary N) is 1. The standard InChI is InChI=1S/C9H13N3O3S/c10-7(2-1-3-8(13)14)12-9(15)6-4-16-5-11-6/h4-5,7H,1-3,10H2,(H,12,15)(H,13,14). The summed E-state index contributed by atoms with van der Waals surface area (Å²) in [5.41, 5.74) is 7.51. The van der Waals surface area contributed by atoms with Crippen LogP contribution in [-0.4, -0.2) is 28.1 Å². The highest BCUT2D eigenvalue weighted by Gasteiger charge is 2.11. The Morgan fingerprint density at radius 2 is 2.38 bits per heavy atom. The van der Waals surface area contributed by atoms with E-state index in [1.54, 1.807) is 10.9 Å². The van der Waals surface area contributed by atoms with E-state index in [2.05, 4.69) is 10.3 Å². The fourth-order valence-corrected chi connectivity index (χ4v) is 1.64. The van der Waals surface area contributed by atoms with Gasteiger partial charge in [-0.05, 0) is 12.8 Å². The Morgan fingerprint density at radius 1 is 1.62 bits per heavy atom. The van der Waals surface area contributed by atoms with Crippen LogP contribution in [0.5, 0.6) is 0 Å². The topological polar surface area (TPSA) is 105 Å². The van der Waals surface area contributed by atoms with Gasteiger partial charge in [0.05, 0.1) is 11.7 Å². The Balaban J connectivity index is 2.26. The molecule has 0 bridgehead atoms. The van der Waals surface area contributed by atoms with Crippen molar-refractivity contribution in [1.29, 1.82) is 0 Å². The molecule has 0 aromatic carbocycles. The molecule has 0 aliphatic heterocycles. The number of aliphatic carboxylic acids is 1. The van der Waals surface area contributed by atoms with Crippen molar-refractivity contribution in [2.75, 3.05) is 0 Å². The van der Waals surface area contributed by atoms with Crippen molar-refractivity contribution in [2.45, 2.75) is 25.4 Å². The highest BCUT2D eigenvalue weighted by atomic mass is 32.1. The van der Waals surface area contributed by atoms with Gasteiger partial charge < -0.3 is 16.2 Å². The van der Waals surface area contributed by atoms with Crippen LogP contribution in [0.2, 0.25) is 0 Å². The van der Waals surface area contributed by atoms with Crippen molar-refractivity contribution >= 4 is 23.2 Å². The first-order valence-corrected chi connectivity index (χ1v) is 5.70. The van der Waals surface area contributed by atoms with Crippen LogP contribution in [0.25, 0.3) is 0 Å². The Kier molecular flexibility index (Phi) is 4.87. The third-order valence-corrected chi connectivity index (χ3v) is 2.47. The average Bonchev–Trinajstić information content (AvgIpc) is 2.69. The monoisotopic (exact) mass is 243 g/mol. The first kappa shape index (κ1) is 12.6. The predicted molar refractivity (Wildman–Crippen MR) is 59.0 cm³/mol. The first-order valence-electron chi connectivity index (χ1n) is 4.76. The Labute approximate surface area is 96.5 Å². The van der Waals surface area contributed by atoms with Crippen molar-refractivity contribution in [3.05, 3.63) is 16.6 Å². The maximum Gasteiger partial charge on any atom is 0.303 e. The molecule has 0 fully saturated rings. The van der Waals surface area contributed by atoms with Crippen molar-refractivity contribution in [3.8, 4) is 0 Å². The third kappa shape index (κ3) is 4.37. The predicted octanol–water partition coefficient (Wildman–Crippen LogP) is 0.413. The molecule has 4 N–H and O–H groups in total. The lowest BCUT2D eigenvalue weighted by atomic mass is 10.2. The molecule has 0 aliphatic carbocycles. The first-order chi connectivity index (χ1) is 7.59. The number of rotatable bonds is 6. The van der Waals surface area contributed by atoms with E-state index in [9.17, 15) is 9.59 Å². The normalized spacial score (nSPS) is 12.1. The lowest BCUT2D eigenvalue weighted by molar-refractivity contribution is -0.137. The molecule has 88 valence electrons. The molecule has 7 heteroatoms. The molecular formula is C9H13N3O3S. The van der Waals surface area contributed by atoms with E-state index < -0.39 is 12.1 Å². The summed E-state index contributed by atoms with van der Waals surface area (Å²) in [6.07, 6.45) is 0.393. The Hall–Kier alpha value is -1.47. The lowest BCUT2D eigenvalue weighted by Gasteiger charge is -2.11. The number of thiazole rings is 1. The molecular weight excluding hydrogens is 230 g/mol. The van der Waals surface area contributed by atoms with Crippen molar-refractivity contribution in [2.24, 2.45) is 5.73 Å². The van der Waals surface area contributed by atoms with Crippen LogP contribution in [0.4, 0.5) is 0 Å². The number of nitrogens with zero attached hydrogens (tertiary/aromatic N) is 1. The summed E-state index contributed by atoms with van der Waals surface area (Å²) in [7, 11) is 0. The average molecular weight is 243 g/mol. The van der Waals surface area contributed by atoms with E-state index in [4.69, 9.17) is 10.8 Å². The molecule has 0 spiro atoms. The highest BCUT2D eigenvalue weighted by Crippen LogP contribution is 2.02. The SMILES string of the molecule is NC(CCCC(=O)O)NC(=O)c1cscn1. The van der Waals surface area contributed by atoms with Gasteiger partial charge in [-0.2, -0.15) is 0 Å². The fraction of sp³-hybridized carbons (Fsp3) is 0.444. The van der Waals surface area contributed by atoms with Crippen LogP contribution in [0, 0.1) is 0 Å². The lowest BCUT2D eigenvalue weighted by Crippen LogP contribution is -2.41. The van der Waals surface area contributed by atoms with Gasteiger partial charge in [-0.15, -0.1) is 11.3 Å². The van der Waals surface area contributed by atoms with Gasteiger partial charge in [0.25, 0.3) is 5.91 Å². The number of carbonyl (C=O) groups is 2. The molecule has 1 aromatic heterocycles. The van der Waals surface area contributed by atoms with Crippen LogP contribution in [-0.2, 0) is 4.79 Å². The second-order valence-electron chi connectivity index (χ2n) is 3.24.